The monoisotopic (exact) mass is 286 g/mol. The highest BCUT2D eigenvalue weighted by Gasteiger charge is 2.27. The van der Waals surface area contributed by atoms with Gasteiger partial charge in [0.15, 0.2) is 0 Å². The molecular weight excluding hydrogens is 272 g/mol. The Kier molecular flexibility index (Phi) is 2.25. The molecule has 0 bridgehead atoms. The molecule has 0 aliphatic heterocycles. The third-order valence-electron chi connectivity index (χ3n) is 4.84. The topological polar surface area (TPSA) is 40.5 Å². The Bertz CT molecular complexity index is 1060. The fraction of sp³-hybridized carbons (Fsp3) is 0.100. The Balaban J connectivity index is 2.16. The largest absolute Gasteiger partial charge is 0.386 e. The Morgan fingerprint density at radius 2 is 1.36 bits per heavy atom. The zero-order chi connectivity index (χ0) is 14.8. The van der Waals surface area contributed by atoms with Crippen LogP contribution in [0.4, 0.5) is 0 Å². The molecule has 0 aromatic heterocycles. The van der Waals surface area contributed by atoms with Crippen molar-refractivity contribution in [3.05, 3.63) is 65.7 Å². The summed E-state index contributed by atoms with van der Waals surface area (Å²) in [5.74, 6) is 0. The second-order valence-corrected chi connectivity index (χ2v) is 5.99. The summed E-state index contributed by atoms with van der Waals surface area (Å²) in [4.78, 5) is 0. The Morgan fingerprint density at radius 1 is 0.727 bits per heavy atom. The van der Waals surface area contributed by atoms with Gasteiger partial charge in [0.25, 0.3) is 0 Å². The number of hydrogen-bond acceptors (Lipinski definition) is 2. The second kappa shape index (κ2) is 4.07. The smallest absolute Gasteiger partial charge is 0.110 e. The van der Waals surface area contributed by atoms with Crippen molar-refractivity contribution in [2.45, 2.75) is 12.2 Å². The lowest BCUT2D eigenvalue weighted by Gasteiger charge is -2.26. The summed E-state index contributed by atoms with van der Waals surface area (Å²) in [6.07, 6.45) is 1.89. The molecule has 22 heavy (non-hydrogen) atoms. The number of hydrogen-bond donors (Lipinski definition) is 2. The number of aliphatic hydroxyl groups is 2. The third kappa shape index (κ3) is 1.36. The number of fused-ring (bicyclic) bond motifs is 3. The van der Waals surface area contributed by atoms with Gasteiger partial charge in [-0.2, -0.15) is 0 Å². The van der Waals surface area contributed by atoms with Crippen molar-refractivity contribution in [3.63, 3.8) is 0 Å². The maximum absolute atomic E-state index is 10.5. The lowest BCUT2D eigenvalue weighted by Crippen LogP contribution is -2.20. The van der Waals surface area contributed by atoms with Gasteiger partial charge in [0.1, 0.15) is 12.2 Å². The highest BCUT2D eigenvalue weighted by atomic mass is 16.3. The van der Waals surface area contributed by atoms with Gasteiger partial charge in [-0.05, 0) is 43.4 Å². The minimum atomic E-state index is -0.880. The van der Waals surface area contributed by atoms with Crippen LogP contribution in [0, 0.1) is 0 Å². The fourth-order valence-electron chi connectivity index (χ4n) is 3.86. The maximum atomic E-state index is 10.5. The highest BCUT2D eigenvalue weighted by Crippen LogP contribution is 2.43. The molecule has 0 spiro atoms. The minimum Gasteiger partial charge on any atom is -0.386 e. The van der Waals surface area contributed by atoms with Crippen molar-refractivity contribution in [3.8, 4) is 0 Å². The van der Waals surface area contributed by atoms with Gasteiger partial charge in [-0.25, -0.2) is 0 Å². The SMILES string of the molecule is OC1C=Cc2c(c3cccc4ccc5cccc2c5c43)C1O. The fourth-order valence-corrected chi connectivity index (χ4v) is 3.86. The summed E-state index contributed by atoms with van der Waals surface area (Å²) in [5.41, 5.74) is 1.86. The summed E-state index contributed by atoms with van der Waals surface area (Å²) in [5, 5.41) is 27.6. The van der Waals surface area contributed by atoms with E-state index in [9.17, 15) is 10.2 Å². The molecule has 0 heterocycles. The standard InChI is InChI=1S/C20H14O2/c21-16-10-9-14-13-5-1-3-11-7-8-12-4-2-6-15(18(12)17(11)13)19(14)20(16)22/h1-10,16,20-22H. The minimum absolute atomic E-state index is 0.840. The molecule has 2 heteroatoms. The second-order valence-electron chi connectivity index (χ2n) is 5.99. The van der Waals surface area contributed by atoms with Crippen LogP contribution in [0.2, 0.25) is 0 Å². The van der Waals surface area contributed by atoms with Crippen LogP contribution in [0.25, 0.3) is 38.4 Å². The van der Waals surface area contributed by atoms with Crippen LogP contribution in [0.3, 0.4) is 0 Å². The quantitative estimate of drug-likeness (QED) is 0.480. The molecular formula is C20H14O2. The summed E-state index contributed by atoms with van der Waals surface area (Å²) in [7, 11) is 0. The van der Waals surface area contributed by atoms with Crippen LogP contribution in [0.15, 0.2) is 54.6 Å². The van der Waals surface area contributed by atoms with Crippen LogP contribution in [0.5, 0.6) is 0 Å². The molecule has 0 saturated carbocycles. The van der Waals surface area contributed by atoms with Gasteiger partial charge in [-0.1, -0.05) is 60.7 Å². The first kappa shape index (κ1) is 12.2. The van der Waals surface area contributed by atoms with Crippen molar-refractivity contribution in [2.24, 2.45) is 0 Å². The Morgan fingerprint density at radius 3 is 2.09 bits per heavy atom. The molecule has 0 amide bonds. The first-order valence-corrected chi connectivity index (χ1v) is 7.49. The number of aliphatic hydroxyl groups excluding tert-OH is 2. The molecule has 4 aromatic rings. The molecule has 0 saturated heterocycles. The van der Waals surface area contributed by atoms with Crippen molar-refractivity contribution < 1.29 is 10.2 Å². The van der Waals surface area contributed by atoms with E-state index in [0.717, 1.165) is 21.9 Å². The summed E-state index contributed by atoms with van der Waals surface area (Å²) < 4.78 is 0. The number of benzene rings is 4. The maximum Gasteiger partial charge on any atom is 0.110 e. The lowest BCUT2D eigenvalue weighted by atomic mass is 9.82. The first-order chi connectivity index (χ1) is 10.8. The van der Waals surface area contributed by atoms with Gasteiger partial charge in [-0.3, -0.25) is 0 Å². The molecule has 2 atom stereocenters. The summed E-state index contributed by atoms with van der Waals surface area (Å²) in [6.45, 7) is 0. The van der Waals surface area contributed by atoms with Crippen molar-refractivity contribution >= 4 is 38.4 Å². The highest BCUT2D eigenvalue weighted by molar-refractivity contribution is 6.25. The van der Waals surface area contributed by atoms with Gasteiger partial charge >= 0.3 is 0 Å². The Hall–Kier alpha value is -2.42. The van der Waals surface area contributed by atoms with Crippen molar-refractivity contribution in [1.82, 2.24) is 0 Å². The molecule has 2 nitrogen and oxygen atoms in total. The van der Waals surface area contributed by atoms with Crippen LogP contribution >= 0.6 is 0 Å². The van der Waals surface area contributed by atoms with Crippen LogP contribution < -0.4 is 0 Å². The third-order valence-corrected chi connectivity index (χ3v) is 4.84. The predicted molar refractivity (Wildman–Crippen MR) is 90.1 cm³/mol. The van der Waals surface area contributed by atoms with E-state index in [-0.39, 0.29) is 0 Å². The van der Waals surface area contributed by atoms with Gasteiger partial charge in [0.05, 0.1) is 0 Å². The van der Waals surface area contributed by atoms with Gasteiger partial charge in [-0.15, -0.1) is 0 Å². The van der Waals surface area contributed by atoms with Crippen molar-refractivity contribution in [1.29, 1.82) is 0 Å². The number of rotatable bonds is 0. The van der Waals surface area contributed by atoms with E-state index in [1.807, 2.05) is 24.3 Å². The van der Waals surface area contributed by atoms with Gasteiger partial charge < -0.3 is 10.2 Å². The molecule has 4 aromatic carbocycles. The lowest BCUT2D eigenvalue weighted by molar-refractivity contribution is 0.0481. The molecule has 2 unspecified atom stereocenters. The molecule has 1 aliphatic rings. The predicted octanol–water partition coefficient (Wildman–Crippen LogP) is 4.01. The average molecular weight is 286 g/mol. The average Bonchev–Trinajstić information content (AvgIpc) is 2.56. The van der Waals surface area contributed by atoms with Crippen LogP contribution in [-0.2, 0) is 0 Å². The van der Waals surface area contributed by atoms with E-state index in [1.54, 1.807) is 6.08 Å². The van der Waals surface area contributed by atoms with E-state index < -0.39 is 12.2 Å². The summed E-state index contributed by atoms with van der Waals surface area (Å²) >= 11 is 0. The Labute approximate surface area is 127 Å². The van der Waals surface area contributed by atoms with Crippen molar-refractivity contribution in [2.75, 3.05) is 0 Å². The molecule has 106 valence electrons. The first-order valence-electron chi connectivity index (χ1n) is 7.49. The van der Waals surface area contributed by atoms with E-state index in [4.69, 9.17) is 0 Å². The summed E-state index contributed by atoms with van der Waals surface area (Å²) in [6, 6.07) is 16.7. The normalized spacial score (nSPS) is 21.0. The van der Waals surface area contributed by atoms with E-state index in [0.29, 0.717) is 0 Å². The van der Waals surface area contributed by atoms with Gasteiger partial charge in [0.2, 0.25) is 0 Å². The zero-order valence-electron chi connectivity index (χ0n) is 11.8. The molecule has 5 rings (SSSR count). The van der Waals surface area contributed by atoms with Crippen LogP contribution in [-0.4, -0.2) is 16.3 Å². The van der Waals surface area contributed by atoms with E-state index in [1.165, 1.54) is 21.5 Å². The van der Waals surface area contributed by atoms with Gasteiger partial charge in [0, 0.05) is 0 Å². The van der Waals surface area contributed by atoms with E-state index in [2.05, 4.69) is 30.3 Å². The van der Waals surface area contributed by atoms with E-state index >= 15 is 0 Å². The zero-order valence-corrected chi connectivity index (χ0v) is 11.8. The molecule has 1 aliphatic carbocycles. The molecule has 0 fully saturated rings. The van der Waals surface area contributed by atoms with Crippen LogP contribution in [0.1, 0.15) is 17.2 Å². The molecule has 0 radical (unpaired) electrons. The molecule has 2 N–H and O–H groups in total.